The van der Waals surface area contributed by atoms with E-state index in [1.165, 1.54) is 0 Å². The van der Waals surface area contributed by atoms with E-state index in [0.717, 1.165) is 35.6 Å². The molecule has 0 aliphatic carbocycles. The van der Waals surface area contributed by atoms with Crippen LogP contribution in [0.4, 0.5) is 0 Å². The molecule has 3 aromatic carbocycles. The topological polar surface area (TPSA) is 97.4 Å². The summed E-state index contributed by atoms with van der Waals surface area (Å²) < 4.78 is 25.9. The van der Waals surface area contributed by atoms with Gasteiger partial charge < -0.3 is 23.7 Å². The molecule has 0 aliphatic rings. The first-order valence-electron chi connectivity index (χ1n) is 11.9. The molecule has 0 amide bonds. The van der Waals surface area contributed by atoms with Crippen LogP contribution in [0.3, 0.4) is 0 Å². The highest BCUT2D eigenvalue weighted by molar-refractivity contribution is 5.91. The Morgan fingerprint density at radius 3 is 1.87 bits per heavy atom. The SMILES string of the molecule is C=COC(=O)COc1ccc(OC(=O)c2ccc(-c3ccc(OCCCCOC(=O)C=C)cc3)cc2)cc1. The average Bonchev–Trinajstić information content (AvgIpc) is 2.95. The fourth-order valence-electron chi connectivity index (χ4n) is 3.21. The Morgan fingerprint density at radius 1 is 0.684 bits per heavy atom. The molecule has 0 atom stereocenters. The Balaban J connectivity index is 1.45. The number of rotatable bonds is 14. The lowest BCUT2D eigenvalue weighted by Gasteiger charge is -2.09. The predicted molar refractivity (Wildman–Crippen MR) is 141 cm³/mol. The first-order valence-corrected chi connectivity index (χ1v) is 11.9. The second-order valence-corrected chi connectivity index (χ2v) is 7.84. The largest absolute Gasteiger partial charge is 0.494 e. The van der Waals surface area contributed by atoms with Crippen molar-refractivity contribution in [2.45, 2.75) is 12.8 Å². The van der Waals surface area contributed by atoms with Crippen molar-refractivity contribution in [2.75, 3.05) is 19.8 Å². The Hall–Kier alpha value is -4.85. The molecule has 0 aliphatic heterocycles. The third-order valence-corrected chi connectivity index (χ3v) is 5.13. The van der Waals surface area contributed by atoms with Crippen LogP contribution in [0.2, 0.25) is 0 Å². The van der Waals surface area contributed by atoms with E-state index in [-0.39, 0.29) is 6.61 Å². The zero-order valence-corrected chi connectivity index (χ0v) is 20.8. The standard InChI is InChI=1S/C30H28O8/c1-3-28(31)36-20-6-5-19-35-25-13-11-23(12-14-25)22-7-9-24(10-8-22)30(33)38-27-17-15-26(16-18-27)37-21-29(32)34-4-2/h3-4,7-18H,1-2,5-6,19-21H2. The van der Waals surface area contributed by atoms with Gasteiger partial charge in [0.2, 0.25) is 0 Å². The molecule has 0 heterocycles. The lowest BCUT2D eigenvalue weighted by molar-refractivity contribution is -0.140. The molecule has 0 N–H and O–H groups in total. The van der Waals surface area contributed by atoms with Gasteiger partial charge in [0.25, 0.3) is 0 Å². The van der Waals surface area contributed by atoms with Crippen molar-refractivity contribution in [2.24, 2.45) is 0 Å². The molecule has 3 aromatic rings. The molecule has 196 valence electrons. The molecule has 38 heavy (non-hydrogen) atoms. The van der Waals surface area contributed by atoms with Gasteiger partial charge in [0.05, 0.1) is 25.0 Å². The molecule has 0 saturated carbocycles. The van der Waals surface area contributed by atoms with Crippen LogP contribution >= 0.6 is 0 Å². The minimum Gasteiger partial charge on any atom is -0.494 e. The summed E-state index contributed by atoms with van der Waals surface area (Å²) in [6, 6.07) is 21.0. The van der Waals surface area contributed by atoms with Crippen molar-refractivity contribution < 1.29 is 38.1 Å². The van der Waals surface area contributed by atoms with Gasteiger partial charge in [-0.3, -0.25) is 0 Å². The summed E-state index contributed by atoms with van der Waals surface area (Å²) in [5, 5.41) is 0. The van der Waals surface area contributed by atoms with Crippen LogP contribution in [0, 0.1) is 0 Å². The van der Waals surface area contributed by atoms with Crippen LogP contribution in [0.25, 0.3) is 11.1 Å². The number of carbonyl (C=O) groups excluding carboxylic acids is 3. The van der Waals surface area contributed by atoms with E-state index < -0.39 is 17.9 Å². The highest BCUT2D eigenvalue weighted by Crippen LogP contribution is 2.24. The summed E-state index contributed by atoms with van der Waals surface area (Å²) in [5.74, 6) is 0.0231. The van der Waals surface area contributed by atoms with Crippen molar-refractivity contribution in [3.8, 4) is 28.4 Å². The number of benzene rings is 3. The third kappa shape index (κ3) is 8.98. The normalized spacial score (nSPS) is 10.1. The second kappa shape index (κ2) is 14.6. The molecule has 0 bridgehead atoms. The van der Waals surface area contributed by atoms with E-state index in [4.69, 9.17) is 18.9 Å². The van der Waals surface area contributed by atoms with Crippen LogP contribution in [-0.4, -0.2) is 37.7 Å². The van der Waals surface area contributed by atoms with E-state index in [2.05, 4.69) is 17.9 Å². The second-order valence-electron chi connectivity index (χ2n) is 7.84. The lowest BCUT2D eigenvalue weighted by atomic mass is 10.0. The first kappa shape index (κ1) is 27.7. The first-order chi connectivity index (χ1) is 18.5. The monoisotopic (exact) mass is 516 g/mol. The predicted octanol–water partition coefficient (Wildman–Crippen LogP) is 5.53. The number of hydrogen-bond donors (Lipinski definition) is 0. The molecular weight excluding hydrogens is 488 g/mol. The van der Waals surface area contributed by atoms with Gasteiger partial charge in [-0.2, -0.15) is 0 Å². The molecule has 0 aromatic heterocycles. The molecule has 0 spiro atoms. The van der Waals surface area contributed by atoms with Gasteiger partial charge in [-0.25, -0.2) is 14.4 Å². The highest BCUT2D eigenvalue weighted by Gasteiger charge is 2.10. The lowest BCUT2D eigenvalue weighted by Crippen LogP contribution is -2.12. The Morgan fingerprint density at radius 2 is 1.24 bits per heavy atom. The van der Waals surface area contributed by atoms with E-state index in [9.17, 15) is 14.4 Å². The fraction of sp³-hybridized carbons (Fsp3) is 0.167. The van der Waals surface area contributed by atoms with Crippen LogP contribution in [0.1, 0.15) is 23.2 Å². The summed E-state index contributed by atoms with van der Waals surface area (Å²) in [7, 11) is 0. The maximum atomic E-state index is 12.5. The van der Waals surface area contributed by atoms with Gasteiger partial charge >= 0.3 is 17.9 Å². The zero-order chi connectivity index (χ0) is 27.2. The van der Waals surface area contributed by atoms with Crippen LogP contribution in [0.15, 0.2) is 98.3 Å². The minimum absolute atomic E-state index is 0.260. The zero-order valence-electron chi connectivity index (χ0n) is 20.8. The molecule has 0 fully saturated rings. The average molecular weight is 517 g/mol. The van der Waals surface area contributed by atoms with Crippen molar-refractivity contribution in [1.29, 1.82) is 0 Å². The number of esters is 3. The quantitative estimate of drug-likeness (QED) is 0.0908. The summed E-state index contributed by atoms with van der Waals surface area (Å²) >= 11 is 0. The smallest absolute Gasteiger partial charge is 0.348 e. The van der Waals surface area contributed by atoms with Crippen molar-refractivity contribution in [3.05, 3.63) is 104 Å². The van der Waals surface area contributed by atoms with E-state index in [1.807, 2.05) is 36.4 Å². The maximum absolute atomic E-state index is 12.5. The van der Waals surface area contributed by atoms with Gasteiger partial charge in [0.1, 0.15) is 17.2 Å². The van der Waals surface area contributed by atoms with E-state index in [0.29, 0.717) is 36.7 Å². The molecule has 3 rings (SSSR count). The van der Waals surface area contributed by atoms with E-state index in [1.54, 1.807) is 36.4 Å². The van der Waals surface area contributed by atoms with Crippen LogP contribution < -0.4 is 14.2 Å². The molecule has 0 unspecified atom stereocenters. The Labute approximate surface area is 221 Å². The van der Waals surface area contributed by atoms with Crippen molar-refractivity contribution >= 4 is 17.9 Å². The Kier molecular flexibility index (Phi) is 10.7. The highest BCUT2D eigenvalue weighted by atomic mass is 16.6. The van der Waals surface area contributed by atoms with Gasteiger partial charge in [-0.15, -0.1) is 0 Å². The molecule has 8 nitrogen and oxygen atoms in total. The van der Waals surface area contributed by atoms with Crippen molar-refractivity contribution in [3.63, 3.8) is 0 Å². The maximum Gasteiger partial charge on any atom is 0.348 e. The van der Waals surface area contributed by atoms with Gasteiger partial charge in [0.15, 0.2) is 6.61 Å². The summed E-state index contributed by atoms with van der Waals surface area (Å²) in [6.45, 7) is 7.25. The summed E-state index contributed by atoms with van der Waals surface area (Å²) in [5.41, 5.74) is 2.31. The molecular formula is C30H28O8. The molecule has 8 heteroatoms. The van der Waals surface area contributed by atoms with Gasteiger partial charge in [0, 0.05) is 6.08 Å². The van der Waals surface area contributed by atoms with Gasteiger partial charge in [-0.05, 0) is 72.5 Å². The number of ether oxygens (including phenoxy) is 5. The van der Waals surface area contributed by atoms with E-state index >= 15 is 0 Å². The molecule has 0 saturated heterocycles. The summed E-state index contributed by atoms with van der Waals surface area (Å²) in [4.78, 5) is 34.8. The van der Waals surface area contributed by atoms with Crippen molar-refractivity contribution in [1.82, 2.24) is 0 Å². The van der Waals surface area contributed by atoms with Crippen LogP contribution in [0.5, 0.6) is 17.2 Å². The minimum atomic E-state index is -0.569. The Bertz CT molecular complexity index is 1230. The fourth-order valence-corrected chi connectivity index (χ4v) is 3.21. The number of carbonyl (C=O) groups is 3. The van der Waals surface area contributed by atoms with Crippen LogP contribution in [-0.2, 0) is 19.1 Å². The van der Waals surface area contributed by atoms with Gasteiger partial charge in [-0.1, -0.05) is 37.4 Å². The third-order valence-electron chi connectivity index (χ3n) is 5.13. The molecule has 0 radical (unpaired) electrons. The summed E-state index contributed by atoms with van der Waals surface area (Å²) in [6.07, 6.45) is 3.64. The number of unbranched alkanes of at least 4 members (excludes halogenated alkanes) is 1. The number of hydrogen-bond acceptors (Lipinski definition) is 8.